The van der Waals surface area contributed by atoms with Gasteiger partial charge in [0, 0.05) is 6.08 Å². The first-order valence-corrected chi connectivity index (χ1v) is 5.57. The topological polar surface area (TPSA) is 55.8 Å². The molecule has 0 spiro atoms. The van der Waals surface area contributed by atoms with E-state index >= 15 is 0 Å². The van der Waals surface area contributed by atoms with Crippen LogP contribution in [-0.4, -0.2) is 36.7 Å². The number of hydroxylamine groups is 2. The summed E-state index contributed by atoms with van der Waals surface area (Å²) in [4.78, 5) is 27.6. The summed E-state index contributed by atoms with van der Waals surface area (Å²) in [6.45, 7) is 0.560. The number of amides is 1. The van der Waals surface area contributed by atoms with E-state index in [4.69, 9.17) is 9.57 Å². The molecule has 2 rings (SSSR count). The third-order valence-electron chi connectivity index (χ3n) is 2.39. The molecule has 1 unspecified atom stereocenters. The third-order valence-corrected chi connectivity index (χ3v) is 2.39. The number of rotatable bonds is 3. The predicted molar refractivity (Wildman–Crippen MR) is 64.1 cm³/mol. The van der Waals surface area contributed by atoms with Crippen LogP contribution in [-0.2, 0) is 19.2 Å². The monoisotopic (exact) mass is 247 g/mol. The molecule has 0 saturated carbocycles. The minimum atomic E-state index is -0.966. The van der Waals surface area contributed by atoms with Gasteiger partial charge in [0.1, 0.15) is 0 Å². The second kappa shape index (κ2) is 6.09. The zero-order chi connectivity index (χ0) is 12.8. The average Bonchev–Trinajstić information content (AvgIpc) is 2.45. The Morgan fingerprint density at radius 2 is 2.06 bits per heavy atom. The lowest BCUT2D eigenvalue weighted by atomic mass is 10.2. The molecule has 18 heavy (non-hydrogen) atoms. The minimum absolute atomic E-state index is 0.259. The second-order valence-electron chi connectivity index (χ2n) is 3.64. The number of aldehydes is 1. The van der Waals surface area contributed by atoms with Crippen LogP contribution in [0.3, 0.4) is 0 Å². The van der Waals surface area contributed by atoms with Crippen molar-refractivity contribution in [2.24, 2.45) is 0 Å². The van der Waals surface area contributed by atoms with Crippen LogP contribution in [0.2, 0.25) is 0 Å². The van der Waals surface area contributed by atoms with E-state index in [2.05, 4.69) is 0 Å². The van der Waals surface area contributed by atoms with Crippen molar-refractivity contribution in [3.63, 3.8) is 0 Å². The standard InChI is InChI=1S/C13H13NO4/c15-10-13-14(18-9-8-17-13)12(16)7-6-11-4-2-1-3-5-11/h1-7,10,13H,8-9H2. The second-order valence-corrected chi connectivity index (χ2v) is 3.64. The summed E-state index contributed by atoms with van der Waals surface area (Å²) < 4.78 is 5.09. The third kappa shape index (κ3) is 3.03. The molecule has 5 nitrogen and oxygen atoms in total. The normalized spacial score (nSPS) is 20.0. The van der Waals surface area contributed by atoms with Gasteiger partial charge in [0.15, 0.2) is 6.29 Å². The smallest absolute Gasteiger partial charge is 0.273 e. The highest BCUT2D eigenvalue weighted by Gasteiger charge is 2.27. The first-order chi connectivity index (χ1) is 8.81. The van der Waals surface area contributed by atoms with Crippen LogP contribution in [0.15, 0.2) is 36.4 Å². The van der Waals surface area contributed by atoms with Crippen LogP contribution in [0, 0.1) is 0 Å². The summed E-state index contributed by atoms with van der Waals surface area (Å²) in [5.74, 6) is -0.421. The number of carbonyl (C=O) groups is 2. The van der Waals surface area contributed by atoms with Crippen LogP contribution < -0.4 is 0 Å². The Morgan fingerprint density at radius 1 is 1.28 bits per heavy atom. The van der Waals surface area contributed by atoms with Gasteiger partial charge in [0.25, 0.3) is 5.91 Å². The largest absolute Gasteiger partial charge is 0.347 e. The van der Waals surface area contributed by atoms with E-state index in [9.17, 15) is 9.59 Å². The van der Waals surface area contributed by atoms with Crippen molar-refractivity contribution in [2.45, 2.75) is 6.23 Å². The zero-order valence-electron chi connectivity index (χ0n) is 9.69. The van der Waals surface area contributed by atoms with E-state index < -0.39 is 12.1 Å². The van der Waals surface area contributed by atoms with Crippen molar-refractivity contribution in [1.82, 2.24) is 5.06 Å². The Morgan fingerprint density at radius 3 is 2.78 bits per heavy atom. The van der Waals surface area contributed by atoms with E-state index in [1.807, 2.05) is 30.3 Å². The molecule has 5 heteroatoms. The number of nitrogens with zero attached hydrogens (tertiary/aromatic N) is 1. The zero-order valence-corrected chi connectivity index (χ0v) is 9.69. The lowest BCUT2D eigenvalue weighted by Gasteiger charge is -2.30. The lowest BCUT2D eigenvalue weighted by molar-refractivity contribution is -0.270. The summed E-state index contributed by atoms with van der Waals surface area (Å²) in [6.07, 6.45) is 2.57. The van der Waals surface area contributed by atoms with E-state index in [0.29, 0.717) is 12.9 Å². The van der Waals surface area contributed by atoms with Crippen molar-refractivity contribution < 1.29 is 19.2 Å². The van der Waals surface area contributed by atoms with Crippen LogP contribution in [0.4, 0.5) is 0 Å². The van der Waals surface area contributed by atoms with Gasteiger partial charge in [-0.05, 0) is 11.6 Å². The molecule has 1 aromatic carbocycles. The van der Waals surface area contributed by atoms with Gasteiger partial charge in [-0.2, -0.15) is 5.06 Å². The van der Waals surface area contributed by atoms with Crippen LogP contribution in [0.5, 0.6) is 0 Å². The minimum Gasteiger partial charge on any atom is -0.347 e. The molecule has 1 atom stereocenters. The molecule has 0 aromatic heterocycles. The highest BCUT2D eigenvalue weighted by molar-refractivity contribution is 5.92. The van der Waals surface area contributed by atoms with Crippen molar-refractivity contribution >= 4 is 18.3 Å². The molecule has 1 aliphatic heterocycles. The Bertz CT molecular complexity index is 444. The Hall–Kier alpha value is -1.98. The van der Waals surface area contributed by atoms with Gasteiger partial charge in [0.05, 0.1) is 13.2 Å². The fraction of sp³-hybridized carbons (Fsp3) is 0.231. The van der Waals surface area contributed by atoms with Gasteiger partial charge >= 0.3 is 0 Å². The average molecular weight is 247 g/mol. The molecule has 1 fully saturated rings. The molecule has 1 aromatic rings. The predicted octanol–water partition coefficient (Wildman–Crippen LogP) is 1.02. The van der Waals surface area contributed by atoms with E-state index in [-0.39, 0.29) is 6.61 Å². The van der Waals surface area contributed by atoms with Crippen molar-refractivity contribution in [1.29, 1.82) is 0 Å². The molecule has 94 valence electrons. The molecular weight excluding hydrogens is 234 g/mol. The van der Waals surface area contributed by atoms with E-state index in [0.717, 1.165) is 10.6 Å². The summed E-state index contributed by atoms with van der Waals surface area (Å²) in [5.41, 5.74) is 0.895. The highest BCUT2D eigenvalue weighted by Crippen LogP contribution is 2.09. The summed E-state index contributed by atoms with van der Waals surface area (Å²) >= 11 is 0. The van der Waals surface area contributed by atoms with Crippen LogP contribution in [0.25, 0.3) is 6.08 Å². The molecule has 1 amide bonds. The van der Waals surface area contributed by atoms with Crippen molar-refractivity contribution in [3.8, 4) is 0 Å². The summed E-state index contributed by atoms with van der Waals surface area (Å²) in [5, 5.41) is 0.940. The van der Waals surface area contributed by atoms with Gasteiger partial charge in [-0.1, -0.05) is 30.3 Å². The van der Waals surface area contributed by atoms with Gasteiger partial charge in [-0.15, -0.1) is 0 Å². The molecule has 0 aliphatic carbocycles. The molecule has 1 heterocycles. The van der Waals surface area contributed by atoms with Gasteiger partial charge in [-0.25, -0.2) is 0 Å². The van der Waals surface area contributed by atoms with Crippen molar-refractivity contribution in [2.75, 3.05) is 13.2 Å². The molecule has 0 N–H and O–H groups in total. The Labute approximate surface area is 105 Å². The SMILES string of the molecule is O=CC1OCCON1C(=O)C=Cc1ccccc1. The number of benzene rings is 1. The number of hydrogen-bond acceptors (Lipinski definition) is 4. The van der Waals surface area contributed by atoms with Crippen molar-refractivity contribution in [3.05, 3.63) is 42.0 Å². The molecule has 0 bridgehead atoms. The van der Waals surface area contributed by atoms with Crippen LogP contribution in [0.1, 0.15) is 5.56 Å². The summed E-state index contributed by atoms with van der Waals surface area (Å²) in [7, 11) is 0. The number of hydrogen-bond donors (Lipinski definition) is 0. The maximum Gasteiger partial charge on any atom is 0.273 e. The van der Waals surface area contributed by atoms with E-state index in [1.165, 1.54) is 6.08 Å². The lowest BCUT2D eigenvalue weighted by Crippen LogP contribution is -2.47. The number of ether oxygens (including phenoxy) is 1. The fourth-order valence-electron chi connectivity index (χ4n) is 1.53. The van der Waals surface area contributed by atoms with E-state index in [1.54, 1.807) is 6.08 Å². The Kier molecular flexibility index (Phi) is 4.22. The van der Waals surface area contributed by atoms with Crippen LogP contribution >= 0.6 is 0 Å². The quantitative estimate of drug-likeness (QED) is 0.591. The maximum atomic E-state index is 11.8. The Balaban J connectivity index is 2.02. The molecule has 0 radical (unpaired) electrons. The van der Waals surface area contributed by atoms with Gasteiger partial charge in [-0.3, -0.25) is 14.4 Å². The number of carbonyl (C=O) groups excluding carboxylic acids is 2. The van der Waals surface area contributed by atoms with Gasteiger partial charge in [0.2, 0.25) is 6.23 Å². The molecule has 1 saturated heterocycles. The first kappa shape index (κ1) is 12.5. The molecular formula is C13H13NO4. The maximum absolute atomic E-state index is 11.8. The first-order valence-electron chi connectivity index (χ1n) is 5.57. The summed E-state index contributed by atoms with van der Waals surface area (Å²) in [6, 6.07) is 9.38. The molecule has 1 aliphatic rings. The van der Waals surface area contributed by atoms with Gasteiger partial charge < -0.3 is 4.74 Å². The fourth-order valence-corrected chi connectivity index (χ4v) is 1.53. The highest BCUT2D eigenvalue weighted by atomic mass is 16.7.